The maximum absolute atomic E-state index is 13.0. The number of alkyl halides is 2. The second-order valence-electron chi connectivity index (χ2n) is 7.55. The molecule has 4 rings (SSSR count). The van der Waals surface area contributed by atoms with Gasteiger partial charge in [-0.1, -0.05) is 6.92 Å². The van der Waals surface area contributed by atoms with Crippen LogP contribution in [-0.2, 0) is 4.79 Å². The Labute approximate surface area is 171 Å². The van der Waals surface area contributed by atoms with Crippen LogP contribution in [0.3, 0.4) is 0 Å². The normalized spacial score (nSPS) is 17.0. The molecule has 3 aromatic rings. The number of pyridine rings is 3. The molecule has 3 heterocycles. The second-order valence-corrected chi connectivity index (χ2v) is 7.55. The number of amides is 1. The summed E-state index contributed by atoms with van der Waals surface area (Å²) in [6.07, 6.45) is 5.64. The number of nitrogens with zero attached hydrogens (tertiary/aromatic N) is 3. The minimum Gasteiger partial charge on any atom is -0.310 e. The van der Waals surface area contributed by atoms with E-state index in [0.29, 0.717) is 23.2 Å². The van der Waals surface area contributed by atoms with Gasteiger partial charge in [0.1, 0.15) is 17.4 Å². The van der Waals surface area contributed by atoms with Crippen molar-refractivity contribution in [2.45, 2.75) is 39.0 Å². The van der Waals surface area contributed by atoms with Crippen LogP contribution in [0.2, 0.25) is 0 Å². The molecule has 0 saturated heterocycles. The molecule has 1 atom stereocenters. The van der Waals surface area contributed by atoms with Crippen LogP contribution < -0.4 is 5.32 Å². The van der Waals surface area contributed by atoms with Crippen molar-refractivity contribution in [3.8, 4) is 11.3 Å². The summed E-state index contributed by atoms with van der Waals surface area (Å²) in [7, 11) is 0. The smallest absolute Gasteiger partial charge is 0.260 e. The summed E-state index contributed by atoms with van der Waals surface area (Å²) in [6.45, 7) is 3.85. The van der Waals surface area contributed by atoms with E-state index in [4.69, 9.17) is 0 Å². The van der Waals surface area contributed by atoms with E-state index >= 15 is 0 Å². The lowest BCUT2D eigenvalue weighted by Crippen LogP contribution is -2.18. The molecule has 8 heteroatoms. The summed E-state index contributed by atoms with van der Waals surface area (Å²) in [4.78, 5) is 36.8. The van der Waals surface area contributed by atoms with Gasteiger partial charge in [0, 0.05) is 47.8 Å². The zero-order valence-corrected chi connectivity index (χ0v) is 16.6. The van der Waals surface area contributed by atoms with Gasteiger partial charge in [0.05, 0.1) is 5.69 Å². The molecule has 3 aromatic heterocycles. The van der Waals surface area contributed by atoms with Crippen molar-refractivity contribution in [1.82, 2.24) is 15.0 Å². The maximum Gasteiger partial charge on any atom is 0.260 e. The Morgan fingerprint density at radius 1 is 1.10 bits per heavy atom. The van der Waals surface area contributed by atoms with Gasteiger partial charge in [0.2, 0.25) is 5.91 Å². The lowest BCUT2D eigenvalue weighted by atomic mass is 10.0. The van der Waals surface area contributed by atoms with Crippen LogP contribution >= 0.6 is 0 Å². The Bertz CT molecular complexity index is 1160. The van der Waals surface area contributed by atoms with Crippen molar-refractivity contribution in [2.24, 2.45) is 5.92 Å². The third kappa shape index (κ3) is 3.90. The van der Waals surface area contributed by atoms with E-state index in [1.54, 1.807) is 30.7 Å². The van der Waals surface area contributed by atoms with Gasteiger partial charge in [0.25, 0.3) is 5.92 Å². The third-order valence-corrected chi connectivity index (χ3v) is 5.15. The van der Waals surface area contributed by atoms with E-state index in [0.717, 1.165) is 22.9 Å². The first kappa shape index (κ1) is 20.0. The molecule has 0 unspecified atom stereocenters. The molecule has 0 spiro atoms. The molecule has 1 aliphatic rings. The minimum absolute atomic E-state index is 0.0151. The van der Waals surface area contributed by atoms with Crippen LogP contribution in [-0.4, -0.2) is 32.6 Å². The number of rotatable bonds is 6. The largest absolute Gasteiger partial charge is 0.310 e. The number of carbonyl (C=O) groups is 2. The highest BCUT2D eigenvalue weighted by Crippen LogP contribution is 2.49. The number of anilines is 1. The Balaban J connectivity index is 1.57. The minimum atomic E-state index is -2.92. The van der Waals surface area contributed by atoms with E-state index in [1.165, 1.54) is 0 Å². The van der Waals surface area contributed by atoms with E-state index in [1.807, 2.05) is 19.9 Å². The van der Waals surface area contributed by atoms with Gasteiger partial charge in [0.15, 0.2) is 5.78 Å². The van der Waals surface area contributed by atoms with Gasteiger partial charge in [-0.05, 0) is 37.1 Å². The Morgan fingerprint density at radius 2 is 1.80 bits per heavy atom. The molecule has 0 bridgehead atoms. The zero-order chi connectivity index (χ0) is 21.5. The fraction of sp³-hybridized carbons (Fsp3) is 0.318. The van der Waals surface area contributed by atoms with Crippen LogP contribution in [0, 0.1) is 12.8 Å². The Morgan fingerprint density at radius 3 is 2.47 bits per heavy atom. The fourth-order valence-electron chi connectivity index (χ4n) is 3.30. The van der Waals surface area contributed by atoms with E-state index in [-0.39, 0.29) is 11.6 Å². The van der Waals surface area contributed by atoms with Gasteiger partial charge in [-0.3, -0.25) is 19.6 Å². The lowest BCUT2D eigenvalue weighted by molar-refractivity contribution is -0.119. The molecule has 1 aliphatic carbocycles. The number of carbonyl (C=O) groups excluding carboxylic acids is 2. The average molecular weight is 410 g/mol. The van der Waals surface area contributed by atoms with Crippen LogP contribution in [0.25, 0.3) is 22.0 Å². The molecule has 1 amide bonds. The van der Waals surface area contributed by atoms with Gasteiger partial charge in [-0.15, -0.1) is 0 Å². The van der Waals surface area contributed by atoms with Gasteiger partial charge >= 0.3 is 0 Å². The summed E-state index contributed by atoms with van der Waals surface area (Å²) in [6, 6.07) is 5.20. The van der Waals surface area contributed by atoms with Crippen molar-refractivity contribution in [1.29, 1.82) is 0 Å². The summed E-state index contributed by atoms with van der Waals surface area (Å²) < 4.78 is 26.1. The molecular weight excluding hydrogens is 390 g/mol. The Hall–Kier alpha value is -3.29. The van der Waals surface area contributed by atoms with E-state index in [9.17, 15) is 18.4 Å². The summed E-state index contributed by atoms with van der Waals surface area (Å²) in [5.41, 5.74) is 2.82. The van der Waals surface area contributed by atoms with Crippen molar-refractivity contribution < 1.29 is 18.4 Å². The highest BCUT2D eigenvalue weighted by molar-refractivity contribution is 5.97. The number of halogens is 2. The molecule has 0 aliphatic heterocycles. The SMILES string of the molecule is CCCC(=O)c1cc(C)c(-c2cc3cnc(NC(=O)[C@H]4CC4(F)F)cc3cn2)cn1. The van der Waals surface area contributed by atoms with Crippen molar-refractivity contribution in [3.63, 3.8) is 0 Å². The summed E-state index contributed by atoms with van der Waals surface area (Å²) >= 11 is 0. The van der Waals surface area contributed by atoms with Crippen LogP contribution in [0.1, 0.15) is 42.2 Å². The first-order valence-electron chi connectivity index (χ1n) is 9.73. The lowest BCUT2D eigenvalue weighted by Gasteiger charge is -2.09. The maximum atomic E-state index is 13.0. The van der Waals surface area contributed by atoms with Crippen molar-refractivity contribution >= 4 is 28.3 Å². The predicted molar refractivity (Wildman–Crippen MR) is 108 cm³/mol. The fourth-order valence-corrected chi connectivity index (χ4v) is 3.30. The third-order valence-electron chi connectivity index (χ3n) is 5.15. The zero-order valence-electron chi connectivity index (χ0n) is 16.6. The molecule has 6 nitrogen and oxygen atoms in total. The van der Waals surface area contributed by atoms with Crippen LogP contribution in [0.4, 0.5) is 14.6 Å². The molecule has 0 radical (unpaired) electrons. The number of nitrogens with one attached hydrogen (secondary N) is 1. The van der Waals surface area contributed by atoms with Gasteiger partial charge < -0.3 is 5.32 Å². The van der Waals surface area contributed by atoms with Crippen molar-refractivity contribution in [3.05, 3.63) is 48.0 Å². The molecule has 30 heavy (non-hydrogen) atoms. The van der Waals surface area contributed by atoms with Crippen LogP contribution in [0.5, 0.6) is 0 Å². The second kappa shape index (κ2) is 7.51. The number of aryl methyl sites for hydroxylation is 1. The quantitative estimate of drug-likeness (QED) is 0.602. The molecule has 1 fully saturated rings. The number of aromatic nitrogens is 3. The topological polar surface area (TPSA) is 84.8 Å². The number of hydrogen-bond donors (Lipinski definition) is 1. The number of ketones is 1. The predicted octanol–water partition coefficient (Wildman–Crippen LogP) is 4.58. The molecule has 1 N–H and O–H groups in total. The average Bonchev–Trinajstić information content (AvgIpc) is 3.36. The van der Waals surface area contributed by atoms with Gasteiger partial charge in [-0.25, -0.2) is 13.8 Å². The van der Waals surface area contributed by atoms with E-state index < -0.39 is 24.2 Å². The van der Waals surface area contributed by atoms with Crippen LogP contribution in [0.15, 0.2) is 36.8 Å². The summed E-state index contributed by atoms with van der Waals surface area (Å²) in [5.74, 6) is -4.70. The summed E-state index contributed by atoms with van der Waals surface area (Å²) in [5, 5.41) is 3.93. The Kier molecular flexibility index (Phi) is 5.01. The highest BCUT2D eigenvalue weighted by Gasteiger charge is 2.61. The standard InChI is InChI=1S/C22H20F2N4O2/c1-3-4-19(29)18-5-12(2)15(11-26-18)17-6-13-10-27-20(7-14(13)9-25-17)28-21(30)16-8-22(16,23)24/h5-7,9-11,16H,3-4,8H2,1-2H3,(H,27,28,30)/t16-/m1/s1. The highest BCUT2D eigenvalue weighted by atomic mass is 19.3. The first-order valence-corrected chi connectivity index (χ1v) is 9.73. The molecular formula is C22H20F2N4O2. The number of hydrogen-bond acceptors (Lipinski definition) is 5. The van der Waals surface area contributed by atoms with E-state index in [2.05, 4.69) is 20.3 Å². The monoisotopic (exact) mass is 410 g/mol. The number of fused-ring (bicyclic) bond motifs is 1. The molecule has 154 valence electrons. The van der Waals surface area contributed by atoms with Gasteiger partial charge in [-0.2, -0.15) is 0 Å². The molecule has 0 aromatic carbocycles. The van der Waals surface area contributed by atoms with Crippen molar-refractivity contribution in [2.75, 3.05) is 5.32 Å². The first-order chi connectivity index (χ1) is 14.3. The molecule has 1 saturated carbocycles. The number of Topliss-reactive ketones (excluding diaryl/α,β-unsaturated/α-hetero) is 1.